The number of pyridine rings is 1. The van der Waals surface area contributed by atoms with Gasteiger partial charge in [0.15, 0.2) is 0 Å². The lowest BCUT2D eigenvalue weighted by Gasteiger charge is -2.17. The molecule has 0 spiro atoms. The van der Waals surface area contributed by atoms with E-state index in [2.05, 4.69) is 62.1 Å². The number of hydrogen-bond donors (Lipinski definition) is 1. The van der Waals surface area contributed by atoms with Crippen molar-refractivity contribution in [2.24, 2.45) is 0 Å². The minimum absolute atomic E-state index is 0.511. The lowest BCUT2D eigenvalue weighted by Crippen LogP contribution is -2.23. The topological polar surface area (TPSA) is 28.2 Å². The minimum Gasteiger partial charge on any atom is -0.360 e. The van der Waals surface area contributed by atoms with Crippen molar-refractivity contribution in [3.63, 3.8) is 0 Å². The van der Waals surface area contributed by atoms with Crippen molar-refractivity contribution in [1.82, 2.24) is 10.3 Å². The van der Waals surface area contributed by atoms with Gasteiger partial charge < -0.3 is 10.2 Å². The average molecular weight is 221 g/mol. The Morgan fingerprint density at radius 2 is 2.06 bits per heavy atom. The Bertz CT molecular complexity index is 334. The van der Waals surface area contributed by atoms with E-state index in [9.17, 15) is 0 Å². The number of aryl methyl sites for hydroxylation is 1. The van der Waals surface area contributed by atoms with Crippen LogP contribution in [0.1, 0.15) is 32.0 Å². The first-order valence-corrected chi connectivity index (χ1v) is 5.95. The normalized spacial score (nSPS) is 10.9. The Balaban J connectivity index is 2.75. The average Bonchev–Trinajstić information content (AvgIpc) is 2.26. The SMILES string of the molecule is CCN(C)c1ccc(CNC(C)C)c(C)n1. The zero-order chi connectivity index (χ0) is 12.1. The van der Waals surface area contributed by atoms with E-state index in [0.717, 1.165) is 24.6 Å². The monoisotopic (exact) mass is 221 g/mol. The molecule has 1 aromatic heterocycles. The summed E-state index contributed by atoms with van der Waals surface area (Å²) in [7, 11) is 2.06. The Morgan fingerprint density at radius 3 is 2.56 bits per heavy atom. The van der Waals surface area contributed by atoms with Crippen molar-refractivity contribution in [2.75, 3.05) is 18.5 Å². The van der Waals surface area contributed by atoms with Crippen molar-refractivity contribution in [1.29, 1.82) is 0 Å². The van der Waals surface area contributed by atoms with Crippen LogP contribution in [0.2, 0.25) is 0 Å². The summed E-state index contributed by atoms with van der Waals surface area (Å²) in [5, 5.41) is 3.41. The van der Waals surface area contributed by atoms with Gasteiger partial charge in [0.05, 0.1) is 0 Å². The van der Waals surface area contributed by atoms with E-state index >= 15 is 0 Å². The second-order valence-electron chi connectivity index (χ2n) is 4.46. The van der Waals surface area contributed by atoms with Gasteiger partial charge >= 0.3 is 0 Å². The van der Waals surface area contributed by atoms with Crippen molar-refractivity contribution in [2.45, 2.75) is 40.3 Å². The summed E-state index contributed by atoms with van der Waals surface area (Å²) in [6.07, 6.45) is 0. The fraction of sp³-hybridized carbons (Fsp3) is 0.615. The lowest BCUT2D eigenvalue weighted by atomic mass is 10.2. The molecule has 16 heavy (non-hydrogen) atoms. The van der Waals surface area contributed by atoms with Crippen LogP contribution in [0.3, 0.4) is 0 Å². The molecule has 3 heteroatoms. The number of anilines is 1. The summed E-state index contributed by atoms with van der Waals surface area (Å²) in [6, 6.07) is 4.77. The predicted octanol–water partition coefficient (Wildman–Crippen LogP) is 2.34. The number of hydrogen-bond acceptors (Lipinski definition) is 3. The number of nitrogens with zero attached hydrogens (tertiary/aromatic N) is 2. The van der Waals surface area contributed by atoms with Crippen LogP contribution in [-0.2, 0) is 6.54 Å². The van der Waals surface area contributed by atoms with Gasteiger partial charge in [0.25, 0.3) is 0 Å². The first kappa shape index (κ1) is 13.0. The van der Waals surface area contributed by atoms with Crippen LogP contribution in [0.15, 0.2) is 12.1 Å². The molecule has 0 amide bonds. The molecule has 0 saturated carbocycles. The van der Waals surface area contributed by atoms with Gasteiger partial charge in [0, 0.05) is 31.9 Å². The highest BCUT2D eigenvalue weighted by atomic mass is 15.2. The molecule has 1 rings (SSSR count). The van der Waals surface area contributed by atoms with Crippen LogP contribution in [0.25, 0.3) is 0 Å². The Morgan fingerprint density at radius 1 is 1.38 bits per heavy atom. The molecule has 0 aliphatic rings. The third kappa shape index (κ3) is 3.49. The molecule has 1 aromatic rings. The molecule has 3 nitrogen and oxygen atoms in total. The summed E-state index contributed by atoms with van der Waals surface area (Å²) in [4.78, 5) is 6.75. The Kier molecular flexibility index (Phi) is 4.74. The lowest BCUT2D eigenvalue weighted by molar-refractivity contribution is 0.586. The van der Waals surface area contributed by atoms with E-state index < -0.39 is 0 Å². The van der Waals surface area contributed by atoms with Gasteiger partial charge in [0.1, 0.15) is 5.82 Å². The predicted molar refractivity (Wildman–Crippen MR) is 69.9 cm³/mol. The highest BCUT2D eigenvalue weighted by Crippen LogP contribution is 2.13. The molecular weight excluding hydrogens is 198 g/mol. The van der Waals surface area contributed by atoms with E-state index in [1.807, 2.05) is 0 Å². The summed E-state index contributed by atoms with van der Waals surface area (Å²) < 4.78 is 0. The largest absolute Gasteiger partial charge is 0.360 e. The van der Waals surface area contributed by atoms with Crippen LogP contribution < -0.4 is 10.2 Å². The van der Waals surface area contributed by atoms with Gasteiger partial charge in [-0.25, -0.2) is 4.98 Å². The molecule has 0 bridgehead atoms. The van der Waals surface area contributed by atoms with Crippen LogP contribution in [0, 0.1) is 6.92 Å². The van der Waals surface area contributed by atoms with Crippen LogP contribution in [0.4, 0.5) is 5.82 Å². The number of rotatable bonds is 5. The maximum atomic E-state index is 4.61. The van der Waals surface area contributed by atoms with E-state index in [1.54, 1.807) is 0 Å². The molecule has 0 radical (unpaired) electrons. The van der Waals surface area contributed by atoms with E-state index in [4.69, 9.17) is 0 Å². The maximum Gasteiger partial charge on any atom is 0.128 e. The Labute approximate surface area is 98.9 Å². The zero-order valence-electron chi connectivity index (χ0n) is 11.0. The van der Waals surface area contributed by atoms with Crippen LogP contribution >= 0.6 is 0 Å². The van der Waals surface area contributed by atoms with E-state index in [0.29, 0.717) is 6.04 Å². The second kappa shape index (κ2) is 5.85. The number of nitrogens with one attached hydrogen (secondary N) is 1. The summed E-state index contributed by atoms with van der Waals surface area (Å²) in [5.74, 6) is 1.05. The van der Waals surface area contributed by atoms with Gasteiger partial charge in [0.2, 0.25) is 0 Å². The maximum absolute atomic E-state index is 4.61. The van der Waals surface area contributed by atoms with Crippen molar-refractivity contribution >= 4 is 5.82 Å². The highest BCUT2D eigenvalue weighted by molar-refractivity contribution is 5.40. The smallest absolute Gasteiger partial charge is 0.128 e. The van der Waals surface area contributed by atoms with Crippen LogP contribution in [0.5, 0.6) is 0 Å². The highest BCUT2D eigenvalue weighted by Gasteiger charge is 2.04. The third-order valence-electron chi connectivity index (χ3n) is 2.75. The van der Waals surface area contributed by atoms with Gasteiger partial charge in [-0.15, -0.1) is 0 Å². The molecule has 0 fully saturated rings. The molecule has 0 atom stereocenters. The van der Waals surface area contributed by atoms with Gasteiger partial charge in [-0.3, -0.25) is 0 Å². The molecule has 1 N–H and O–H groups in total. The van der Waals surface area contributed by atoms with Crippen LogP contribution in [-0.4, -0.2) is 24.6 Å². The van der Waals surface area contributed by atoms with E-state index in [-0.39, 0.29) is 0 Å². The summed E-state index contributed by atoms with van der Waals surface area (Å²) in [6.45, 7) is 10.4. The van der Waals surface area contributed by atoms with Gasteiger partial charge in [-0.2, -0.15) is 0 Å². The summed E-state index contributed by atoms with van der Waals surface area (Å²) >= 11 is 0. The molecule has 90 valence electrons. The third-order valence-corrected chi connectivity index (χ3v) is 2.75. The molecule has 1 heterocycles. The number of aromatic nitrogens is 1. The molecule has 0 aromatic carbocycles. The molecule has 0 aliphatic carbocycles. The second-order valence-corrected chi connectivity index (χ2v) is 4.46. The summed E-state index contributed by atoms with van der Waals surface area (Å²) in [5.41, 5.74) is 2.40. The van der Waals surface area contributed by atoms with Crippen molar-refractivity contribution < 1.29 is 0 Å². The first-order chi connectivity index (χ1) is 7.54. The van der Waals surface area contributed by atoms with Gasteiger partial charge in [-0.05, 0) is 25.5 Å². The minimum atomic E-state index is 0.511. The first-order valence-electron chi connectivity index (χ1n) is 5.95. The fourth-order valence-electron chi connectivity index (χ4n) is 1.45. The standard InChI is InChI=1S/C13H23N3/c1-6-16(5)13-8-7-12(11(4)15-13)9-14-10(2)3/h7-8,10,14H,6,9H2,1-5H3. The van der Waals surface area contributed by atoms with Crippen molar-refractivity contribution in [3.05, 3.63) is 23.4 Å². The zero-order valence-corrected chi connectivity index (χ0v) is 11.0. The quantitative estimate of drug-likeness (QED) is 0.827. The molecule has 0 saturated heterocycles. The van der Waals surface area contributed by atoms with Gasteiger partial charge in [-0.1, -0.05) is 19.9 Å². The van der Waals surface area contributed by atoms with Crippen molar-refractivity contribution in [3.8, 4) is 0 Å². The Hall–Kier alpha value is -1.09. The fourth-order valence-corrected chi connectivity index (χ4v) is 1.45. The molecule has 0 unspecified atom stereocenters. The van der Waals surface area contributed by atoms with E-state index in [1.165, 1.54) is 5.56 Å². The molecule has 0 aliphatic heterocycles. The molecular formula is C13H23N3.